The maximum Gasteiger partial charge on any atom is 0.239 e. The van der Waals surface area contributed by atoms with Gasteiger partial charge in [0.25, 0.3) is 0 Å². The average Bonchev–Trinajstić information content (AvgIpc) is 2.44. The number of nitrogens with zero attached hydrogens (tertiary/aromatic N) is 1. The SMILES string of the molecule is CC1(C)CN(C(=O)C(N)CCc2ccccc2)CCS1. The molecule has 1 saturated heterocycles. The summed E-state index contributed by atoms with van der Waals surface area (Å²) in [7, 11) is 0. The highest BCUT2D eigenvalue weighted by Gasteiger charge is 2.31. The third kappa shape index (κ3) is 4.25. The van der Waals surface area contributed by atoms with Crippen molar-refractivity contribution >= 4 is 17.7 Å². The highest BCUT2D eigenvalue weighted by atomic mass is 32.2. The van der Waals surface area contributed by atoms with Crippen LogP contribution in [-0.4, -0.2) is 40.4 Å². The number of hydrogen-bond donors (Lipinski definition) is 1. The maximum absolute atomic E-state index is 12.4. The molecule has 1 heterocycles. The molecular formula is C16H24N2OS. The van der Waals surface area contributed by atoms with Gasteiger partial charge in [-0.15, -0.1) is 0 Å². The van der Waals surface area contributed by atoms with Crippen molar-refractivity contribution in [3.05, 3.63) is 35.9 Å². The van der Waals surface area contributed by atoms with Crippen LogP contribution in [0.2, 0.25) is 0 Å². The first-order valence-electron chi connectivity index (χ1n) is 7.20. The van der Waals surface area contributed by atoms with Gasteiger partial charge in [-0.3, -0.25) is 4.79 Å². The van der Waals surface area contributed by atoms with Crippen LogP contribution in [-0.2, 0) is 11.2 Å². The molecule has 4 heteroatoms. The molecule has 0 bridgehead atoms. The molecule has 1 aromatic carbocycles. The number of nitrogens with two attached hydrogens (primary N) is 1. The van der Waals surface area contributed by atoms with Gasteiger partial charge < -0.3 is 10.6 Å². The summed E-state index contributed by atoms with van der Waals surface area (Å²) in [5.41, 5.74) is 7.33. The standard InChI is InChI=1S/C16H24N2OS/c1-16(2)12-18(10-11-20-16)15(19)14(17)9-8-13-6-4-3-5-7-13/h3-7,14H,8-12,17H2,1-2H3. The monoisotopic (exact) mass is 292 g/mol. The van der Waals surface area contributed by atoms with Crippen LogP contribution in [0, 0.1) is 0 Å². The second-order valence-electron chi connectivity index (χ2n) is 6.00. The fourth-order valence-electron chi connectivity index (χ4n) is 2.53. The van der Waals surface area contributed by atoms with Gasteiger partial charge in [-0.2, -0.15) is 11.8 Å². The number of hydrogen-bond acceptors (Lipinski definition) is 3. The van der Waals surface area contributed by atoms with Gasteiger partial charge in [0.15, 0.2) is 0 Å². The first-order chi connectivity index (χ1) is 9.48. The Balaban J connectivity index is 1.85. The number of carbonyl (C=O) groups excluding carboxylic acids is 1. The van der Waals surface area contributed by atoms with E-state index in [9.17, 15) is 4.79 Å². The van der Waals surface area contributed by atoms with Crippen LogP contribution in [0.5, 0.6) is 0 Å². The van der Waals surface area contributed by atoms with Gasteiger partial charge in [0.2, 0.25) is 5.91 Å². The molecule has 110 valence electrons. The summed E-state index contributed by atoms with van der Waals surface area (Å²) in [5, 5.41) is 0. The summed E-state index contributed by atoms with van der Waals surface area (Å²) < 4.78 is 0.146. The molecule has 1 unspecified atom stereocenters. The van der Waals surface area contributed by atoms with Crippen molar-refractivity contribution in [3.8, 4) is 0 Å². The van der Waals surface area contributed by atoms with Crippen LogP contribution in [0.3, 0.4) is 0 Å². The van der Waals surface area contributed by atoms with Crippen LogP contribution >= 0.6 is 11.8 Å². The summed E-state index contributed by atoms with van der Waals surface area (Å²) >= 11 is 1.93. The Labute approximate surface area is 125 Å². The van der Waals surface area contributed by atoms with Crippen molar-refractivity contribution in [2.75, 3.05) is 18.8 Å². The van der Waals surface area contributed by atoms with Crippen molar-refractivity contribution in [3.63, 3.8) is 0 Å². The molecule has 20 heavy (non-hydrogen) atoms. The Morgan fingerprint density at radius 3 is 2.75 bits per heavy atom. The van der Waals surface area contributed by atoms with E-state index in [0.29, 0.717) is 6.42 Å². The van der Waals surface area contributed by atoms with Crippen molar-refractivity contribution < 1.29 is 4.79 Å². The molecule has 0 spiro atoms. The van der Waals surface area contributed by atoms with Gasteiger partial charge in [-0.05, 0) is 32.3 Å². The lowest BCUT2D eigenvalue weighted by Gasteiger charge is -2.38. The van der Waals surface area contributed by atoms with E-state index in [0.717, 1.165) is 25.3 Å². The van der Waals surface area contributed by atoms with Crippen LogP contribution in [0.15, 0.2) is 30.3 Å². The van der Waals surface area contributed by atoms with E-state index >= 15 is 0 Å². The quantitative estimate of drug-likeness (QED) is 0.926. The van der Waals surface area contributed by atoms with E-state index in [1.807, 2.05) is 34.9 Å². The number of carbonyl (C=O) groups is 1. The Morgan fingerprint density at radius 2 is 2.10 bits per heavy atom. The predicted molar refractivity (Wildman–Crippen MR) is 85.9 cm³/mol. The van der Waals surface area contributed by atoms with E-state index in [1.54, 1.807) is 0 Å². The smallest absolute Gasteiger partial charge is 0.239 e. The molecular weight excluding hydrogens is 268 g/mol. The fraction of sp³-hybridized carbons (Fsp3) is 0.562. The molecule has 1 fully saturated rings. The van der Waals surface area contributed by atoms with Crippen LogP contribution < -0.4 is 5.73 Å². The number of thioether (sulfide) groups is 1. The Bertz CT molecular complexity index is 447. The van der Waals surface area contributed by atoms with E-state index in [2.05, 4.69) is 26.0 Å². The zero-order valence-electron chi connectivity index (χ0n) is 12.3. The topological polar surface area (TPSA) is 46.3 Å². The average molecular weight is 292 g/mol. The summed E-state index contributed by atoms with van der Waals surface area (Å²) in [6, 6.07) is 9.83. The molecule has 1 aliphatic heterocycles. The third-order valence-electron chi connectivity index (χ3n) is 3.64. The van der Waals surface area contributed by atoms with Crippen LogP contribution in [0.1, 0.15) is 25.8 Å². The summed E-state index contributed by atoms with van der Waals surface area (Å²) in [6.07, 6.45) is 1.58. The Morgan fingerprint density at radius 1 is 1.40 bits per heavy atom. The lowest BCUT2D eigenvalue weighted by atomic mass is 10.0. The minimum atomic E-state index is -0.380. The zero-order chi connectivity index (χ0) is 14.6. The van der Waals surface area contributed by atoms with E-state index in [-0.39, 0.29) is 16.7 Å². The van der Waals surface area contributed by atoms with Gasteiger partial charge in [-0.1, -0.05) is 30.3 Å². The summed E-state index contributed by atoms with van der Waals surface area (Å²) in [6.45, 7) is 6.00. The Kier molecular flexibility index (Phi) is 5.11. The molecule has 0 radical (unpaired) electrons. The van der Waals surface area contributed by atoms with Gasteiger partial charge in [-0.25, -0.2) is 0 Å². The number of amides is 1. The van der Waals surface area contributed by atoms with Crippen molar-refractivity contribution in [1.29, 1.82) is 0 Å². The summed E-state index contributed by atoms with van der Waals surface area (Å²) in [5.74, 6) is 1.11. The van der Waals surface area contributed by atoms with Crippen molar-refractivity contribution in [1.82, 2.24) is 4.90 Å². The highest BCUT2D eigenvalue weighted by molar-refractivity contribution is 8.00. The van der Waals surface area contributed by atoms with Gasteiger partial charge in [0.05, 0.1) is 6.04 Å². The van der Waals surface area contributed by atoms with Crippen LogP contribution in [0.25, 0.3) is 0 Å². The highest BCUT2D eigenvalue weighted by Crippen LogP contribution is 2.29. The minimum Gasteiger partial charge on any atom is -0.339 e. The first kappa shape index (κ1) is 15.4. The zero-order valence-corrected chi connectivity index (χ0v) is 13.2. The normalized spacial score (nSPS) is 19.6. The van der Waals surface area contributed by atoms with Gasteiger partial charge in [0.1, 0.15) is 0 Å². The number of aryl methyl sites for hydroxylation is 1. The van der Waals surface area contributed by atoms with E-state index < -0.39 is 0 Å². The molecule has 3 nitrogen and oxygen atoms in total. The lowest BCUT2D eigenvalue weighted by molar-refractivity contribution is -0.133. The third-order valence-corrected chi connectivity index (χ3v) is 4.94. The molecule has 1 aliphatic rings. The lowest BCUT2D eigenvalue weighted by Crippen LogP contribution is -2.51. The molecule has 1 amide bonds. The minimum absolute atomic E-state index is 0.106. The van der Waals surface area contributed by atoms with Crippen LogP contribution in [0.4, 0.5) is 0 Å². The number of benzene rings is 1. The summed E-state index contributed by atoms with van der Waals surface area (Å²) in [4.78, 5) is 14.3. The van der Waals surface area contributed by atoms with Crippen molar-refractivity contribution in [2.45, 2.75) is 37.5 Å². The van der Waals surface area contributed by atoms with E-state index in [4.69, 9.17) is 5.73 Å². The maximum atomic E-state index is 12.4. The predicted octanol–water partition coefficient (Wildman–Crippen LogP) is 2.30. The molecule has 2 N–H and O–H groups in total. The largest absolute Gasteiger partial charge is 0.339 e. The Hall–Kier alpha value is -1.00. The fourth-order valence-corrected chi connectivity index (χ4v) is 3.64. The molecule has 0 saturated carbocycles. The van der Waals surface area contributed by atoms with Crippen molar-refractivity contribution in [2.24, 2.45) is 5.73 Å². The molecule has 1 aromatic rings. The van der Waals surface area contributed by atoms with Gasteiger partial charge >= 0.3 is 0 Å². The second-order valence-corrected chi connectivity index (χ2v) is 7.80. The first-order valence-corrected chi connectivity index (χ1v) is 8.19. The molecule has 2 rings (SSSR count). The molecule has 0 aromatic heterocycles. The second kappa shape index (κ2) is 6.64. The molecule has 1 atom stereocenters. The number of rotatable bonds is 4. The molecule has 0 aliphatic carbocycles. The van der Waals surface area contributed by atoms with E-state index in [1.165, 1.54) is 5.56 Å². The van der Waals surface area contributed by atoms with Gasteiger partial charge in [0, 0.05) is 23.6 Å².